The predicted octanol–water partition coefficient (Wildman–Crippen LogP) is 14.3. The van der Waals surface area contributed by atoms with Crippen LogP contribution in [0.1, 0.15) is 0 Å². The standard InChI is InChI=1S/C51H31NO/c1-3-12-32(13-4-1)39-21-11-16-33-23-26-37(30-44(33)39)47-40-17-7-9-19-42(40)48(43-20-10-8-18-41(43)47)38-27-24-34-22-25-35-28-29-46-50(49(35)45(34)31-38)53-51(52-46)36-14-5-2-6-15-36/h1-31H. The maximum absolute atomic E-state index is 6.58. The third-order valence-corrected chi connectivity index (χ3v) is 10.9. The van der Waals surface area contributed by atoms with Gasteiger partial charge in [0.05, 0.1) is 0 Å². The number of oxazole rings is 1. The van der Waals surface area contributed by atoms with Crippen LogP contribution < -0.4 is 0 Å². The summed E-state index contributed by atoms with van der Waals surface area (Å²) in [5.74, 6) is 0.637. The molecule has 0 spiro atoms. The molecule has 0 amide bonds. The van der Waals surface area contributed by atoms with Gasteiger partial charge in [0.1, 0.15) is 5.52 Å². The van der Waals surface area contributed by atoms with Crippen LogP contribution in [-0.2, 0) is 0 Å². The zero-order valence-electron chi connectivity index (χ0n) is 28.8. The fraction of sp³-hybridized carbons (Fsp3) is 0. The van der Waals surface area contributed by atoms with Crippen molar-refractivity contribution < 1.29 is 4.42 Å². The minimum Gasteiger partial charge on any atom is -0.435 e. The van der Waals surface area contributed by atoms with E-state index in [1.165, 1.54) is 71.1 Å². The fourth-order valence-electron chi connectivity index (χ4n) is 8.43. The largest absolute Gasteiger partial charge is 0.435 e. The molecule has 0 bridgehead atoms. The van der Waals surface area contributed by atoms with Gasteiger partial charge in [0.2, 0.25) is 5.89 Å². The Morgan fingerprint density at radius 2 is 0.849 bits per heavy atom. The molecule has 11 rings (SSSR count). The van der Waals surface area contributed by atoms with E-state index in [0.29, 0.717) is 5.89 Å². The van der Waals surface area contributed by atoms with Gasteiger partial charge in [-0.3, -0.25) is 0 Å². The maximum atomic E-state index is 6.58. The highest BCUT2D eigenvalue weighted by Crippen LogP contribution is 2.46. The molecule has 10 aromatic carbocycles. The Hall–Kier alpha value is -7.03. The van der Waals surface area contributed by atoms with Gasteiger partial charge in [0.25, 0.3) is 0 Å². The summed E-state index contributed by atoms with van der Waals surface area (Å²) < 4.78 is 6.58. The molecule has 0 saturated carbocycles. The van der Waals surface area contributed by atoms with E-state index in [0.717, 1.165) is 32.8 Å². The van der Waals surface area contributed by atoms with Gasteiger partial charge in [-0.1, -0.05) is 158 Å². The summed E-state index contributed by atoms with van der Waals surface area (Å²) in [7, 11) is 0. The van der Waals surface area contributed by atoms with E-state index in [1.807, 2.05) is 30.3 Å². The molecule has 53 heavy (non-hydrogen) atoms. The van der Waals surface area contributed by atoms with E-state index in [-0.39, 0.29) is 0 Å². The van der Waals surface area contributed by atoms with Crippen molar-refractivity contribution in [1.82, 2.24) is 4.98 Å². The van der Waals surface area contributed by atoms with Gasteiger partial charge in [-0.2, -0.15) is 0 Å². The molecule has 11 aromatic rings. The first-order chi connectivity index (χ1) is 26.3. The van der Waals surface area contributed by atoms with Gasteiger partial charge in [-0.05, 0) is 112 Å². The lowest BCUT2D eigenvalue weighted by Gasteiger charge is -2.19. The highest BCUT2D eigenvalue weighted by atomic mass is 16.3. The normalized spacial score (nSPS) is 11.8. The molecule has 1 aromatic heterocycles. The average Bonchev–Trinajstić information content (AvgIpc) is 3.68. The molecule has 0 radical (unpaired) electrons. The first kappa shape index (κ1) is 29.7. The number of rotatable bonds is 4. The van der Waals surface area contributed by atoms with Crippen LogP contribution in [0, 0.1) is 0 Å². The van der Waals surface area contributed by atoms with Crippen LogP contribution in [0.4, 0.5) is 0 Å². The molecular weight excluding hydrogens is 643 g/mol. The third-order valence-electron chi connectivity index (χ3n) is 10.9. The zero-order valence-corrected chi connectivity index (χ0v) is 28.8. The minimum atomic E-state index is 0.637. The lowest BCUT2D eigenvalue weighted by atomic mass is 9.84. The summed E-state index contributed by atoms with van der Waals surface area (Å²) in [4.78, 5) is 4.92. The molecule has 0 saturated heterocycles. The Balaban J connectivity index is 1.17. The average molecular weight is 674 g/mol. The fourth-order valence-corrected chi connectivity index (χ4v) is 8.43. The minimum absolute atomic E-state index is 0.637. The molecule has 246 valence electrons. The monoisotopic (exact) mass is 673 g/mol. The van der Waals surface area contributed by atoms with E-state index in [1.54, 1.807) is 0 Å². The predicted molar refractivity (Wildman–Crippen MR) is 223 cm³/mol. The Morgan fingerprint density at radius 3 is 1.49 bits per heavy atom. The molecular formula is C51H31NO. The summed E-state index contributed by atoms with van der Waals surface area (Å²) in [5.41, 5.74) is 10.0. The van der Waals surface area contributed by atoms with E-state index >= 15 is 0 Å². The first-order valence-corrected chi connectivity index (χ1v) is 18.1. The molecule has 0 fully saturated rings. The number of hydrogen-bond acceptors (Lipinski definition) is 2. The molecule has 2 heteroatoms. The Labute approximate surface area is 306 Å². The number of nitrogens with zero attached hydrogens (tertiary/aromatic N) is 1. The Bertz CT molecular complexity index is 3160. The van der Waals surface area contributed by atoms with Crippen molar-refractivity contribution >= 4 is 65.0 Å². The highest BCUT2D eigenvalue weighted by molar-refractivity contribution is 6.24. The summed E-state index contributed by atoms with van der Waals surface area (Å²) >= 11 is 0. The van der Waals surface area contributed by atoms with E-state index in [4.69, 9.17) is 9.40 Å². The lowest BCUT2D eigenvalue weighted by Crippen LogP contribution is -1.91. The van der Waals surface area contributed by atoms with Crippen LogP contribution in [-0.4, -0.2) is 4.98 Å². The second-order valence-electron chi connectivity index (χ2n) is 13.8. The Kier molecular flexibility index (Phi) is 6.59. The summed E-state index contributed by atoms with van der Waals surface area (Å²) in [6.07, 6.45) is 0. The highest BCUT2D eigenvalue weighted by Gasteiger charge is 2.19. The zero-order chi connectivity index (χ0) is 34.9. The van der Waals surface area contributed by atoms with Gasteiger partial charge < -0.3 is 4.42 Å². The summed E-state index contributed by atoms with van der Waals surface area (Å²) in [6.45, 7) is 0. The van der Waals surface area contributed by atoms with Gasteiger partial charge in [0, 0.05) is 10.9 Å². The second kappa shape index (κ2) is 11.8. The Morgan fingerprint density at radius 1 is 0.340 bits per heavy atom. The molecule has 0 aliphatic carbocycles. The third kappa shape index (κ3) is 4.70. The number of hydrogen-bond donors (Lipinski definition) is 0. The molecule has 0 atom stereocenters. The number of fused-ring (bicyclic) bond motifs is 8. The van der Waals surface area contributed by atoms with Crippen molar-refractivity contribution in [3.05, 3.63) is 188 Å². The van der Waals surface area contributed by atoms with Gasteiger partial charge in [-0.25, -0.2) is 4.98 Å². The van der Waals surface area contributed by atoms with E-state index in [9.17, 15) is 0 Å². The van der Waals surface area contributed by atoms with E-state index in [2.05, 4.69) is 158 Å². The smallest absolute Gasteiger partial charge is 0.227 e. The van der Waals surface area contributed by atoms with Crippen molar-refractivity contribution in [2.24, 2.45) is 0 Å². The van der Waals surface area contributed by atoms with Gasteiger partial charge in [-0.15, -0.1) is 0 Å². The van der Waals surface area contributed by atoms with Crippen LogP contribution in [0.15, 0.2) is 192 Å². The van der Waals surface area contributed by atoms with Crippen molar-refractivity contribution in [3.8, 4) is 44.8 Å². The van der Waals surface area contributed by atoms with E-state index < -0.39 is 0 Å². The van der Waals surface area contributed by atoms with Crippen LogP contribution >= 0.6 is 0 Å². The molecule has 0 N–H and O–H groups in total. The summed E-state index contributed by atoms with van der Waals surface area (Å²) in [6, 6.07) is 67.7. The molecule has 0 unspecified atom stereocenters. The molecule has 0 aliphatic heterocycles. The maximum Gasteiger partial charge on any atom is 0.227 e. The van der Waals surface area contributed by atoms with Crippen LogP contribution in [0.25, 0.3) is 110 Å². The van der Waals surface area contributed by atoms with Crippen LogP contribution in [0.5, 0.6) is 0 Å². The molecule has 2 nitrogen and oxygen atoms in total. The number of aromatic nitrogens is 1. The molecule has 1 heterocycles. The quantitative estimate of drug-likeness (QED) is 0.137. The SMILES string of the molecule is c1ccc(-c2nc3ccc4ccc5ccc(-c6c7ccccc7c(-c7ccc8cccc(-c9ccccc9)c8c7)c7ccccc67)cc5c4c3o2)cc1. The second-order valence-corrected chi connectivity index (χ2v) is 13.8. The molecule has 0 aliphatic rings. The summed E-state index contributed by atoms with van der Waals surface area (Å²) in [5, 5.41) is 12.0. The van der Waals surface area contributed by atoms with Crippen molar-refractivity contribution in [3.63, 3.8) is 0 Å². The van der Waals surface area contributed by atoms with Gasteiger partial charge in [0.15, 0.2) is 5.58 Å². The lowest BCUT2D eigenvalue weighted by molar-refractivity contribution is 0.623. The first-order valence-electron chi connectivity index (χ1n) is 18.1. The van der Waals surface area contributed by atoms with Crippen LogP contribution in [0.2, 0.25) is 0 Å². The van der Waals surface area contributed by atoms with Crippen molar-refractivity contribution in [2.45, 2.75) is 0 Å². The van der Waals surface area contributed by atoms with Gasteiger partial charge >= 0.3 is 0 Å². The van der Waals surface area contributed by atoms with Crippen molar-refractivity contribution in [1.29, 1.82) is 0 Å². The van der Waals surface area contributed by atoms with Crippen LogP contribution in [0.3, 0.4) is 0 Å². The number of benzene rings is 10. The topological polar surface area (TPSA) is 26.0 Å². The van der Waals surface area contributed by atoms with Crippen molar-refractivity contribution in [2.75, 3.05) is 0 Å².